The monoisotopic (exact) mass is 751 g/mol. The predicted molar refractivity (Wildman–Crippen MR) is 212 cm³/mol. The Hall–Kier alpha value is -4.96. The first kappa shape index (κ1) is 38.8. The number of hydrogen-bond acceptors (Lipinski definition) is 6. The molecule has 6 rings (SSSR count). The Morgan fingerprint density at radius 1 is 0.907 bits per heavy atom. The number of halogens is 2. The lowest BCUT2D eigenvalue weighted by molar-refractivity contribution is -0.138. The van der Waals surface area contributed by atoms with E-state index >= 15 is 0 Å². The molecule has 54 heavy (non-hydrogen) atoms. The van der Waals surface area contributed by atoms with Crippen LogP contribution in [0.1, 0.15) is 62.0 Å². The van der Waals surface area contributed by atoms with E-state index in [2.05, 4.69) is 47.0 Å². The van der Waals surface area contributed by atoms with E-state index in [4.69, 9.17) is 25.8 Å². The minimum absolute atomic E-state index is 0.0245. The molecule has 1 aliphatic rings. The molecule has 0 unspecified atom stereocenters. The second-order valence-corrected chi connectivity index (χ2v) is 15.1. The molecule has 0 fully saturated rings. The van der Waals surface area contributed by atoms with E-state index in [1.165, 1.54) is 22.4 Å². The summed E-state index contributed by atoms with van der Waals surface area (Å²) >= 11 is 6.60. The van der Waals surface area contributed by atoms with Crippen LogP contribution in [-0.4, -0.2) is 44.7 Å². The fraction of sp³-hybridized carbons (Fsp3) is 0.318. The maximum atomic E-state index is 14.4. The number of carbonyl (C=O) groups is 2. The van der Waals surface area contributed by atoms with E-state index in [-0.39, 0.29) is 24.3 Å². The van der Waals surface area contributed by atoms with Gasteiger partial charge in [0.05, 0.1) is 20.1 Å². The number of benzene rings is 5. The average molecular weight is 752 g/mol. The van der Waals surface area contributed by atoms with Crippen LogP contribution in [0.15, 0.2) is 103 Å². The SMILES string of the molecule is COc1c(OCCCNCc2cccc3ccccc23)cccc1[C@@H]1O[C@@H](CC(=O)NCc2ccccc2F)C(=O)N(CC(C)(C)C)c2ccc(Cl)cc21. The Morgan fingerprint density at radius 3 is 2.44 bits per heavy atom. The lowest BCUT2D eigenvalue weighted by Gasteiger charge is -2.31. The first-order valence-corrected chi connectivity index (χ1v) is 18.6. The van der Waals surface area contributed by atoms with Gasteiger partial charge >= 0.3 is 0 Å². The van der Waals surface area contributed by atoms with Gasteiger partial charge in [-0.2, -0.15) is 0 Å². The number of ether oxygens (including phenoxy) is 3. The molecule has 0 bridgehead atoms. The first-order chi connectivity index (χ1) is 26.0. The third-order valence-electron chi connectivity index (χ3n) is 9.29. The van der Waals surface area contributed by atoms with E-state index in [0.29, 0.717) is 52.1 Å². The summed E-state index contributed by atoms with van der Waals surface area (Å²) in [5.74, 6) is -0.253. The van der Waals surface area contributed by atoms with Gasteiger partial charge in [0.2, 0.25) is 5.91 Å². The molecule has 2 amide bonds. The maximum absolute atomic E-state index is 14.4. The molecule has 0 radical (unpaired) electrons. The smallest absolute Gasteiger partial charge is 0.256 e. The van der Waals surface area contributed by atoms with E-state index in [1.54, 1.807) is 42.3 Å². The van der Waals surface area contributed by atoms with Crippen molar-refractivity contribution in [2.45, 2.75) is 58.9 Å². The highest BCUT2D eigenvalue weighted by Gasteiger charge is 2.40. The van der Waals surface area contributed by atoms with Gasteiger partial charge in [-0.3, -0.25) is 9.59 Å². The number of nitrogens with one attached hydrogen (secondary N) is 2. The highest BCUT2D eigenvalue weighted by Crippen LogP contribution is 2.45. The number of fused-ring (bicyclic) bond motifs is 2. The van der Waals surface area contributed by atoms with Crippen molar-refractivity contribution in [2.24, 2.45) is 5.41 Å². The molecule has 0 aromatic heterocycles. The normalized spacial score (nSPS) is 15.8. The summed E-state index contributed by atoms with van der Waals surface area (Å²) in [5.41, 5.74) is 3.20. The van der Waals surface area contributed by atoms with Gasteiger partial charge in [-0.1, -0.05) is 105 Å². The number of nitrogens with zero attached hydrogens (tertiary/aromatic N) is 1. The fourth-order valence-electron chi connectivity index (χ4n) is 6.78. The zero-order valence-corrected chi connectivity index (χ0v) is 31.9. The highest BCUT2D eigenvalue weighted by molar-refractivity contribution is 6.30. The maximum Gasteiger partial charge on any atom is 0.256 e. The summed E-state index contributed by atoms with van der Waals surface area (Å²) in [6.45, 7) is 8.37. The van der Waals surface area contributed by atoms with Gasteiger partial charge in [0.1, 0.15) is 18.0 Å². The van der Waals surface area contributed by atoms with Gasteiger partial charge in [-0.05, 0) is 65.0 Å². The lowest BCUT2D eigenvalue weighted by atomic mass is 9.94. The summed E-state index contributed by atoms with van der Waals surface area (Å²) in [5, 5.41) is 9.21. The van der Waals surface area contributed by atoms with Crippen molar-refractivity contribution in [3.63, 3.8) is 0 Å². The van der Waals surface area contributed by atoms with Crippen LogP contribution >= 0.6 is 11.6 Å². The number of anilines is 1. The molecule has 2 atom stereocenters. The van der Waals surface area contributed by atoms with Crippen molar-refractivity contribution in [3.05, 3.63) is 136 Å². The molecule has 5 aromatic rings. The zero-order valence-electron chi connectivity index (χ0n) is 31.2. The predicted octanol–water partition coefficient (Wildman–Crippen LogP) is 8.77. The van der Waals surface area contributed by atoms with Crippen LogP contribution in [0, 0.1) is 11.2 Å². The minimum Gasteiger partial charge on any atom is -0.492 e. The Labute approximate surface area is 321 Å². The van der Waals surface area contributed by atoms with Crippen molar-refractivity contribution in [2.75, 3.05) is 31.7 Å². The number of carbonyl (C=O) groups excluding carboxylic acids is 2. The summed E-state index contributed by atoms with van der Waals surface area (Å²) in [4.78, 5) is 29.4. The van der Waals surface area contributed by atoms with Crippen LogP contribution in [0.5, 0.6) is 11.5 Å². The van der Waals surface area contributed by atoms with Crippen LogP contribution in [0.2, 0.25) is 5.02 Å². The first-order valence-electron chi connectivity index (χ1n) is 18.3. The van der Waals surface area contributed by atoms with Crippen LogP contribution in [-0.2, 0) is 27.4 Å². The number of hydrogen-bond donors (Lipinski definition) is 2. The van der Waals surface area contributed by atoms with Gasteiger partial charge in [-0.25, -0.2) is 4.39 Å². The van der Waals surface area contributed by atoms with Crippen molar-refractivity contribution in [1.82, 2.24) is 10.6 Å². The molecule has 282 valence electrons. The Balaban J connectivity index is 1.22. The third-order valence-corrected chi connectivity index (χ3v) is 9.52. The van der Waals surface area contributed by atoms with Crippen LogP contribution in [0.25, 0.3) is 10.8 Å². The largest absolute Gasteiger partial charge is 0.492 e. The van der Waals surface area contributed by atoms with Crippen LogP contribution < -0.4 is 25.0 Å². The van der Waals surface area contributed by atoms with E-state index in [1.807, 2.05) is 51.1 Å². The second kappa shape index (κ2) is 17.5. The van der Waals surface area contributed by atoms with E-state index in [0.717, 1.165) is 19.5 Å². The standard InChI is InChI=1S/C44H47ClFN3O5/c1-44(2,3)28-49-37-21-20-32(45)24-35(37)41(54-39(43(49)51)25-40(50)48-27-31-13-6-8-18-36(31)46)34-17-10-19-38(42(34)52-4)53-23-11-22-47-26-30-15-9-14-29-12-5-7-16-33(29)30/h5-10,12-21,24,39,41,47H,11,22-23,25-28H2,1-4H3,(H,48,50)/t39-,41-/m0/s1. The molecule has 0 spiro atoms. The molecule has 1 heterocycles. The molecule has 0 aliphatic carbocycles. The van der Waals surface area contributed by atoms with Gasteiger partial charge in [0, 0.05) is 47.0 Å². The van der Waals surface area contributed by atoms with E-state index < -0.39 is 23.9 Å². The highest BCUT2D eigenvalue weighted by atomic mass is 35.5. The zero-order chi connectivity index (χ0) is 38.2. The van der Waals surface area contributed by atoms with Gasteiger partial charge < -0.3 is 29.7 Å². The average Bonchev–Trinajstić information content (AvgIpc) is 3.25. The number of rotatable bonds is 14. The molecule has 2 N–H and O–H groups in total. The fourth-order valence-corrected chi connectivity index (χ4v) is 6.96. The quantitative estimate of drug-likeness (QED) is 0.110. The van der Waals surface area contributed by atoms with E-state index in [9.17, 15) is 14.0 Å². The molecule has 5 aromatic carbocycles. The number of amides is 2. The molecule has 1 aliphatic heterocycles. The molecule has 8 nitrogen and oxygen atoms in total. The molecule has 0 saturated carbocycles. The summed E-state index contributed by atoms with van der Waals surface area (Å²) in [6.07, 6.45) is -1.56. The Bertz CT molecular complexity index is 2100. The van der Waals surface area contributed by atoms with Crippen molar-refractivity contribution >= 4 is 39.9 Å². The van der Waals surface area contributed by atoms with Crippen LogP contribution in [0.4, 0.5) is 10.1 Å². The second-order valence-electron chi connectivity index (χ2n) is 14.7. The Morgan fingerprint density at radius 2 is 1.65 bits per heavy atom. The topological polar surface area (TPSA) is 89.1 Å². The van der Waals surface area contributed by atoms with Crippen molar-refractivity contribution < 1.29 is 28.2 Å². The van der Waals surface area contributed by atoms with Crippen molar-refractivity contribution in [3.8, 4) is 11.5 Å². The summed E-state index contributed by atoms with van der Waals surface area (Å²) in [6, 6.07) is 31.9. The summed E-state index contributed by atoms with van der Waals surface area (Å²) in [7, 11) is 1.57. The van der Waals surface area contributed by atoms with Gasteiger partial charge in [-0.15, -0.1) is 0 Å². The minimum atomic E-state index is -1.17. The van der Waals surface area contributed by atoms with Crippen LogP contribution in [0.3, 0.4) is 0 Å². The number of para-hydroxylation sites is 1. The van der Waals surface area contributed by atoms with Crippen molar-refractivity contribution in [1.29, 1.82) is 0 Å². The molecule has 10 heteroatoms. The molecular weight excluding hydrogens is 705 g/mol. The number of methoxy groups -OCH3 is 1. The van der Waals surface area contributed by atoms with Gasteiger partial charge in [0.25, 0.3) is 5.91 Å². The third kappa shape index (κ3) is 9.39. The Kier molecular flexibility index (Phi) is 12.5. The molecule has 0 saturated heterocycles. The van der Waals surface area contributed by atoms with Gasteiger partial charge in [0.15, 0.2) is 11.5 Å². The lowest BCUT2D eigenvalue weighted by Crippen LogP contribution is -2.45. The summed E-state index contributed by atoms with van der Waals surface area (Å²) < 4.78 is 33.3. The molecular formula is C44H47ClFN3O5.